The predicted molar refractivity (Wildman–Crippen MR) is 86.3 cm³/mol. The lowest BCUT2D eigenvalue weighted by Crippen LogP contribution is -2.48. The fraction of sp³-hybridized carbons (Fsp3) is 0.556. The van der Waals surface area contributed by atoms with Crippen LogP contribution in [0, 0.1) is 0 Å². The Bertz CT molecular complexity index is 635. The van der Waals surface area contributed by atoms with Crippen molar-refractivity contribution in [1.29, 1.82) is 0 Å². The highest BCUT2D eigenvalue weighted by Crippen LogP contribution is 2.45. The topological polar surface area (TPSA) is 59.1 Å². The molecule has 6 nitrogen and oxygen atoms in total. The summed E-state index contributed by atoms with van der Waals surface area (Å²) in [7, 11) is 0. The molecular formula is C18H22N2O4. The summed E-state index contributed by atoms with van der Waals surface area (Å²) >= 11 is 0. The van der Waals surface area contributed by atoms with E-state index in [2.05, 4.69) is 0 Å². The van der Waals surface area contributed by atoms with Crippen LogP contribution in [0.4, 0.5) is 0 Å². The van der Waals surface area contributed by atoms with Gasteiger partial charge in [0.25, 0.3) is 0 Å². The summed E-state index contributed by atoms with van der Waals surface area (Å²) < 4.78 is 11.5. The smallest absolute Gasteiger partial charge is 0.227 e. The normalized spacial score (nSPS) is 28.2. The molecule has 3 aliphatic rings. The van der Waals surface area contributed by atoms with Gasteiger partial charge in [-0.1, -0.05) is 18.2 Å². The van der Waals surface area contributed by atoms with E-state index in [4.69, 9.17) is 9.47 Å². The van der Waals surface area contributed by atoms with Crippen molar-refractivity contribution in [3.63, 3.8) is 0 Å². The minimum absolute atomic E-state index is 0.0960. The molecule has 2 amide bonds. The van der Waals surface area contributed by atoms with Crippen molar-refractivity contribution < 1.29 is 19.1 Å². The van der Waals surface area contributed by atoms with Crippen molar-refractivity contribution in [1.82, 2.24) is 9.80 Å². The first kappa shape index (κ1) is 15.4. The summed E-state index contributed by atoms with van der Waals surface area (Å²) in [6, 6.07) is 9.49. The zero-order chi connectivity index (χ0) is 16.6. The molecule has 0 unspecified atom stereocenters. The number of hydrogen-bond donors (Lipinski definition) is 0. The largest absolute Gasteiger partial charge is 0.494 e. The molecule has 2 atom stereocenters. The summed E-state index contributed by atoms with van der Waals surface area (Å²) in [5.74, 6) is 1.03. The Balaban J connectivity index is 1.30. The summed E-state index contributed by atoms with van der Waals surface area (Å²) in [6.45, 7) is 2.42. The van der Waals surface area contributed by atoms with Crippen LogP contribution in [0.1, 0.15) is 25.7 Å². The molecule has 0 bridgehead atoms. The van der Waals surface area contributed by atoms with E-state index >= 15 is 0 Å². The highest BCUT2D eigenvalue weighted by atomic mass is 16.5. The third kappa shape index (κ3) is 2.45. The summed E-state index contributed by atoms with van der Waals surface area (Å²) in [5, 5.41) is 0. The lowest BCUT2D eigenvalue weighted by molar-refractivity contribution is -0.139. The van der Waals surface area contributed by atoms with Crippen LogP contribution in [0.2, 0.25) is 0 Å². The predicted octanol–water partition coefficient (Wildman–Crippen LogP) is 1.41. The molecule has 0 N–H and O–H groups in total. The molecule has 3 heterocycles. The van der Waals surface area contributed by atoms with Crippen molar-refractivity contribution in [2.75, 3.05) is 26.3 Å². The van der Waals surface area contributed by atoms with E-state index in [1.165, 1.54) is 0 Å². The van der Waals surface area contributed by atoms with Crippen LogP contribution >= 0.6 is 0 Å². The van der Waals surface area contributed by atoms with Gasteiger partial charge in [0.2, 0.25) is 11.8 Å². The molecule has 3 saturated heterocycles. The first-order chi connectivity index (χ1) is 11.7. The lowest BCUT2D eigenvalue weighted by atomic mass is 10.1. The number of carbonyl (C=O) groups is 2. The molecule has 1 aromatic rings. The number of hydrogen-bond acceptors (Lipinski definition) is 4. The van der Waals surface area contributed by atoms with E-state index in [-0.39, 0.29) is 17.9 Å². The molecule has 4 rings (SSSR count). The highest BCUT2D eigenvalue weighted by molar-refractivity contribution is 5.84. The van der Waals surface area contributed by atoms with E-state index < -0.39 is 5.72 Å². The van der Waals surface area contributed by atoms with Crippen LogP contribution in [0.15, 0.2) is 30.3 Å². The van der Waals surface area contributed by atoms with Gasteiger partial charge in [-0.3, -0.25) is 9.59 Å². The van der Waals surface area contributed by atoms with Gasteiger partial charge in [0.15, 0.2) is 5.72 Å². The fourth-order valence-electron chi connectivity index (χ4n) is 4.16. The molecule has 0 radical (unpaired) electrons. The van der Waals surface area contributed by atoms with Crippen LogP contribution in [0.3, 0.4) is 0 Å². The Morgan fingerprint density at radius 2 is 2.12 bits per heavy atom. The summed E-state index contributed by atoms with van der Waals surface area (Å²) in [6.07, 6.45) is 2.23. The van der Waals surface area contributed by atoms with E-state index in [1.807, 2.05) is 40.1 Å². The summed E-state index contributed by atoms with van der Waals surface area (Å²) in [4.78, 5) is 28.4. The van der Waals surface area contributed by atoms with E-state index in [1.54, 1.807) is 0 Å². The quantitative estimate of drug-likeness (QED) is 0.766. The van der Waals surface area contributed by atoms with Gasteiger partial charge in [-0.2, -0.15) is 0 Å². The van der Waals surface area contributed by atoms with Crippen LogP contribution in [0.5, 0.6) is 5.75 Å². The third-order valence-electron chi connectivity index (χ3n) is 5.27. The first-order valence-electron chi connectivity index (χ1n) is 8.62. The minimum Gasteiger partial charge on any atom is -0.494 e. The van der Waals surface area contributed by atoms with Gasteiger partial charge in [-0.15, -0.1) is 0 Å². The fourth-order valence-corrected chi connectivity index (χ4v) is 4.16. The second-order valence-corrected chi connectivity index (χ2v) is 6.56. The summed E-state index contributed by atoms with van der Waals surface area (Å²) in [5.41, 5.74) is -0.534. The number of rotatable bonds is 5. The van der Waals surface area contributed by atoms with Gasteiger partial charge in [-0.05, 0) is 18.6 Å². The van der Waals surface area contributed by atoms with Gasteiger partial charge < -0.3 is 19.3 Å². The molecular weight excluding hydrogens is 308 g/mol. The van der Waals surface area contributed by atoms with Crippen LogP contribution in [0.25, 0.3) is 0 Å². The van der Waals surface area contributed by atoms with Gasteiger partial charge in [0, 0.05) is 25.9 Å². The second-order valence-electron chi connectivity index (χ2n) is 6.56. The van der Waals surface area contributed by atoms with Crippen molar-refractivity contribution in [3.05, 3.63) is 30.3 Å². The molecule has 128 valence electrons. The molecule has 1 spiro atoms. The maximum absolute atomic E-state index is 12.6. The number of amides is 2. The number of likely N-dealkylation sites (tertiary alicyclic amines) is 1. The van der Waals surface area contributed by atoms with Gasteiger partial charge >= 0.3 is 0 Å². The maximum atomic E-state index is 12.6. The van der Waals surface area contributed by atoms with Crippen molar-refractivity contribution in [3.8, 4) is 5.75 Å². The standard InChI is InChI=1S/C18H22N2O4/c21-16(7-4-11-23-14-5-2-1-3-6-14)19-9-8-18-15(19)13-17(22)20(18)10-12-24-18/h1-3,5-6,15H,4,7-13H2/t15-,18+/m1/s1. The Labute approximate surface area is 141 Å². The van der Waals surface area contributed by atoms with Gasteiger partial charge in [0.1, 0.15) is 5.75 Å². The number of nitrogens with zero attached hydrogens (tertiary/aromatic N) is 2. The monoisotopic (exact) mass is 330 g/mol. The second kappa shape index (κ2) is 6.09. The molecule has 0 aromatic heterocycles. The molecule has 0 saturated carbocycles. The van der Waals surface area contributed by atoms with Crippen molar-refractivity contribution >= 4 is 11.8 Å². The SMILES string of the molecule is O=C(CCCOc1ccccc1)N1CC[C@@]23OCCN2C(=O)C[C@@H]13. The molecule has 0 aliphatic carbocycles. The Morgan fingerprint density at radius 1 is 1.29 bits per heavy atom. The Morgan fingerprint density at radius 3 is 2.96 bits per heavy atom. The maximum Gasteiger partial charge on any atom is 0.227 e. The molecule has 1 aromatic carbocycles. The highest BCUT2D eigenvalue weighted by Gasteiger charge is 2.62. The Hall–Kier alpha value is -2.08. The van der Waals surface area contributed by atoms with Crippen molar-refractivity contribution in [2.24, 2.45) is 0 Å². The van der Waals surface area contributed by atoms with E-state index in [9.17, 15) is 9.59 Å². The minimum atomic E-state index is -0.534. The lowest BCUT2D eigenvalue weighted by Gasteiger charge is -2.31. The van der Waals surface area contributed by atoms with Gasteiger partial charge in [-0.25, -0.2) is 0 Å². The van der Waals surface area contributed by atoms with E-state index in [0.717, 1.165) is 12.2 Å². The molecule has 3 fully saturated rings. The zero-order valence-electron chi connectivity index (χ0n) is 13.6. The Kier molecular flexibility index (Phi) is 3.92. The number of ether oxygens (including phenoxy) is 2. The average Bonchev–Trinajstić information content (AvgIpc) is 3.24. The number of benzene rings is 1. The number of carbonyl (C=O) groups excluding carboxylic acids is 2. The van der Waals surface area contributed by atoms with Gasteiger partial charge in [0.05, 0.1) is 25.7 Å². The zero-order valence-corrected chi connectivity index (χ0v) is 13.6. The van der Waals surface area contributed by atoms with Crippen LogP contribution < -0.4 is 4.74 Å². The van der Waals surface area contributed by atoms with E-state index in [0.29, 0.717) is 45.6 Å². The third-order valence-corrected chi connectivity index (χ3v) is 5.27. The first-order valence-corrected chi connectivity index (χ1v) is 8.62. The average molecular weight is 330 g/mol. The van der Waals surface area contributed by atoms with Crippen LogP contribution in [-0.4, -0.2) is 59.7 Å². The van der Waals surface area contributed by atoms with Crippen LogP contribution in [-0.2, 0) is 14.3 Å². The molecule has 6 heteroatoms. The van der Waals surface area contributed by atoms with Crippen molar-refractivity contribution in [2.45, 2.75) is 37.5 Å². The molecule has 24 heavy (non-hydrogen) atoms. The molecule has 3 aliphatic heterocycles. The number of para-hydroxylation sites is 1.